The van der Waals surface area contributed by atoms with Gasteiger partial charge >= 0.3 is 0 Å². The SMILES string of the molecule is Cc1ccc(OCCNC(=O)[C@@H](C)N(c2cc(C)cc(C)c2)S(C)(=O)=O)cc1. The van der Waals surface area contributed by atoms with E-state index in [2.05, 4.69) is 5.32 Å². The van der Waals surface area contributed by atoms with Crippen LogP contribution in [0.15, 0.2) is 42.5 Å². The van der Waals surface area contributed by atoms with Crippen LogP contribution < -0.4 is 14.4 Å². The first-order chi connectivity index (χ1) is 13.1. The van der Waals surface area contributed by atoms with Gasteiger partial charge in [-0.3, -0.25) is 9.10 Å². The molecule has 0 unspecified atom stereocenters. The van der Waals surface area contributed by atoms with Gasteiger partial charge in [-0.1, -0.05) is 23.8 Å². The van der Waals surface area contributed by atoms with Crippen molar-refractivity contribution in [1.82, 2.24) is 5.32 Å². The molecule has 0 bridgehead atoms. The molecule has 1 N–H and O–H groups in total. The fourth-order valence-electron chi connectivity index (χ4n) is 3.01. The van der Waals surface area contributed by atoms with Crippen molar-refractivity contribution < 1.29 is 17.9 Å². The van der Waals surface area contributed by atoms with Gasteiger partial charge in [0.05, 0.1) is 18.5 Å². The number of hydrogen-bond acceptors (Lipinski definition) is 4. The van der Waals surface area contributed by atoms with Crippen LogP contribution in [0, 0.1) is 20.8 Å². The van der Waals surface area contributed by atoms with E-state index in [1.807, 2.05) is 51.1 Å². The van der Waals surface area contributed by atoms with Crippen LogP contribution in [0.5, 0.6) is 5.75 Å². The molecule has 0 aliphatic heterocycles. The van der Waals surface area contributed by atoms with E-state index in [0.29, 0.717) is 12.3 Å². The fourth-order valence-corrected chi connectivity index (χ4v) is 4.17. The summed E-state index contributed by atoms with van der Waals surface area (Å²) in [5.74, 6) is 0.345. The van der Waals surface area contributed by atoms with Gasteiger partial charge in [-0.25, -0.2) is 8.42 Å². The number of hydrogen-bond donors (Lipinski definition) is 1. The molecule has 0 aliphatic carbocycles. The van der Waals surface area contributed by atoms with Gasteiger partial charge in [0, 0.05) is 0 Å². The lowest BCUT2D eigenvalue weighted by Gasteiger charge is -2.28. The molecule has 0 fully saturated rings. The van der Waals surface area contributed by atoms with Crippen LogP contribution in [-0.4, -0.2) is 39.8 Å². The smallest absolute Gasteiger partial charge is 0.243 e. The predicted octanol–water partition coefficient (Wildman–Crippen LogP) is 2.96. The highest BCUT2D eigenvalue weighted by molar-refractivity contribution is 7.92. The maximum atomic E-state index is 12.6. The van der Waals surface area contributed by atoms with Crippen LogP contribution in [0.2, 0.25) is 0 Å². The van der Waals surface area contributed by atoms with Gasteiger partial charge in [-0.2, -0.15) is 0 Å². The molecule has 0 aromatic heterocycles. The molecule has 7 heteroatoms. The standard InChI is InChI=1S/C21H28N2O4S/c1-15-6-8-20(9-7-15)27-11-10-22-21(24)18(4)23(28(5,25)26)19-13-16(2)12-17(3)14-19/h6-9,12-14,18H,10-11H2,1-5H3,(H,22,24)/t18-/m1/s1. The fraction of sp³-hybridized carbons (Fsp3) is 0.381. The summed E-state index contributed by atoms with van der Waals surface area (Å²) < 4.78 is 31.5. The van der Waals surface area contributed by atoms with Crippen molar-refractivity contribution in [3.8, 4) is 5.75 Å². The first-order valence-corrected chi connectivity index (χ1v) is 11.0. The van der Waals surface area contributed by atoms with Crippen LogP contribution in [0.4, 0.5) is 5.69 Å². The molecule has 2 rings (SSSR count). The van der Waals surface area contributed by atoms with Crippen molar-refractivity contribution in [2.24, 2.45) is 0 Å². The van der Waals surface area contributed by atoms with Crippen LogP contribution in [-0.2, 0) is 14.8 Å². The van der Waals surface area contributed by atoms with Crippen LogP contribution in [0.25, 0.3) is 0 Å². The van der Waals surface area contributed by atoms with Gasteiger partial charge in [0.25, 0.3) is 0 Å². The molecule has 2 aromatic rings. The molecule has 2 aromatic carbocycles. The second kappa shape index (κ2) is 9.10. The van der Waals surface area contributed by atoms with E-state index in [-0.39, 0.29) is 12.5 Å². The Balaban J connectivity index is 2.02. The first-order valence-electron chi connectivity index (χ1n) is 9.13. The van der Waals surface area contributed by atoms with Gasteiger partial charge in [-0.05, 0) is 63.1 Å². The van der Waals surface area contributed by atoms with Crippen LogP contribution in [0.3, 0.4) is 0 Å². The van der Waals surface area contributed by atoms with Gasteiger partial charge in [-0.15, -0.1) is 0 Å². The first kappa shape index (κ1) is 21.8. The van der Waals surface area contributed by atoms with E-state index >= 15 is 0 Å². The number of rotatable bonds is 8. The Morgan fingerprint density at radius 1 is 1.04 bits per heavy atom. The van der Waals surface area contributed by atoms with Crippen molar-refractivity contribution in [2.75, 3.05) is 23.7 Å². The topological polar surface area (TPSA) is 75.7 Å². The number of nitrogens with one attached hydrogen (secondary N) is 1. The van der Waals surface area contributed by atoms with Crippen molar-refractivity contribution in [3.63, 3.8) is 0 Å². The number of sulfonamides is 1. The molecule has 1 atom stereocenters. The molecule has 28 heavy (non-hydrogen) atoms. The third-order valence-corrected chi connectivity index (χ3v) is 5.48. The predicted molar refractivity (Wildman–Crippen MR) is 112 cm³/mol. The van der Waals surface area contributed by atoms with Crippen molar-refractivity contribution in [2.45, 2.75) is 33.7 Å². The number of amides is 1. The van der Waals surface area contributed by atoms with Crippen molar-refractivity contribution in [3.05, 3.63) is 59.2 Å². The molecular weight excluding hydrogens is 376 g/mol. The molecular formula is C21H28N2O4S. The van der Waals surface area contributed by atoms with E-state index in [0.717, 1.165) is 33.0 Å². The number of benzene rings is 2. The van der Waals surface area contributed by atoms with Gasteiger partial charge in [0.2, 0.25) is 15.9 Å². The Labute approximate surface area is 167 Å². The zero-order valence-corrected chi connectivity index (χ0v) is 17.8. The van der Waals surface area contributed by atoms with Crippen LogP contribution >= 0.6 is 0 Å². The molecule has 1 amide bonds. The van der Waals surface area contributed by atoms with E-state index in [4.69, 9.17) is 4.74 Å². The molecule has 6 nitrogen and oxygen atoms in total. The van der Waals surface area contributed by atoms with E-state index < -0.39 is 16.1 Å². The summed E-state index contributed by atoms with van der Waals surface area (Å²) in [4.78, 5) is 12.6. The third-order valence-electron chi connectivity index (χ3n) is 4.24. The summed E-state index contributed by atoms with van der Waals surface area (Å²) in [5, 5.41) is 2.75. The minimum Gasteiger partial charge on any atom is -0.492 e. The monoisotopic (exact) mass is 404 g/mol. The highest BCUT2D eigenvalue weighted by Gasteiger charge is 2.29. The quantitative estimate of drug-likeness (QED) is 0.687. The Hall–Kier alpha value is -2.54. The molecule has 152 valence electrons. The second-order valence-corrected chi connectivity index (χ2v) is 8.89. The summed E-state index contributed by atoms with van der Waals surface area (Å²) in [6.45, 7) is 7.93. The van der Waals surface area contributed by atoms with Crippen molar-refractivity contribution >= 4 is 21.6 Å². The summed E-state index contributed by atoms with van der Waals surface area (Å²) >= 11 is 0. The summed E-state index contributed by atoms with van der Waals surface area (Å²) in [5.41, 5.74) is 3.49. The zero-order chi connectivity index (χ0) is 20.9. The lowest BCUT2D eigenvalue weighted by atomic mass is 10.1. The molecule has 0 radical (unpaired) electrons. The normalized spacial score (nSPS) is 12.3. The van der Waals surface area contributed by atoms with Gasteiger partial charge in [0.1, 0.15) is 18.4 Å². The Morgan fingerprint density at radius 2 is 1.61 bits per heavy atom. The lowest BCUT2D eigenvalue weighted by Crippen LogP contribution is -2.48. The maximum absolute atomic E-state index is 12.6. The number of carbonyl (C=O) groups is 1. The Morgan fingerprint density at radius 3 is 2.14 bits per heavy atom. The van der Waals surface area contributed by atoms with E-state index in [9.17, 15) is 13.2 Å². The highest BCUT2D eigenvalue weighted by atomic mass is 32.2. The maximum Gasteiger partial charge on any atom is 0.243 e. The average Bonchev–Trinajstić information content (AvgIpc) is 2.58. The Bertz CT molecular complexity index is 904. The van der Waals surface area contributed by atoms with E-state index in [1.54, 1.807) is 19.1 Å². The summed E-state index contributed by atoms with van der Waals surface area (Å²) in [6, 6.07) is 12.2. The molecule has 0 spiro atoms. The molecule has 0 aliphatic rings. The minimum atomic E-state index is -3.63. The number of anilines is 1. The number of carbonyl (C=O) groups excluding carboxylic acids is 1. The average molecular weight is 405 g/mol. The van der Waals surface area contributed by atoms with Crippen molar-refractivity contribution in [1.29, 1.82) is 0 Å². The largest absolute Gasteiger partial charge is 0.492 e. The number of aryl methyl sites for hydroxylation is 3. The van der Waals surface area contributed by atoms with E-state index in [1.165, 1.54) is 0 Å². The highest BCUT2D eigenvalue weighted by Crippen LogP contribution is 2.23. The second-order valence-electron chi connectivity index (χ2n) is 7.03. The van der Waals surface area contributed by atoms with Gasteiger partial charge < -0.3 is 10.1 Å². The van der Waals surface area contributed by atoms with Crippen LogP contribution in [0.1, 0.15) is 23.6 Å². The minimum absolute atomic E-state index is 0.279. The number of nitrogens with zero attached hydrogens (tertiary/aromatic N) is 1. The summed E-state index contributed by atoms with van der Waals surface area (Å²) in [6.07, 6.45) is 1.11. The Kier molecular flexibility index (Phi) is 7.07. The molecule has 0 saturated heterocycles. The zero-order valence-electron chi connectivity index (χ0n) is 17.0. The molecule has 0 saturated carbocycles. The molecule has 0 heterocycles. The lowest BCUT2D eigenvalue weighted by molar-refractivity contribution is -0.121. The third kappa shape index (κ3) is 5.99. The number of ether oxygens (including phenoxy) is 1. The van der Waals surface area contributed by atoms with Gasteiger partial charge in [0.15, 0.2) is 0 Å². The summed E-state index contributed by atoms with van der Waals surface area (Å²) in [7, 11) is -3.63.